The van der Waals surface area contributed by atoms with Crippen LogP contribution in [0.25, 0.3) is 11.5 Å². The first-order chi connectivity index (χ1) is 8.74. The number of halogens is 2. The molecule has 1 aromatic heterocycles. The van der Waals surface area contributed by atoms with Crippen LogP contribution in [-0.4, -0.2) is 16.2 Å². The van der Waals surface area contributed by atoms with Crippen molar-refractivity contribution in [3.8, 4) is 11.5 Å². The third-order valence-corrected chi connectivity index (χ3v) is 2.78. The Kier molecular flexibility index (Phi) is 2.79. The molecule has 18 heavy (non-hydrogen) atoms. The summed E-state index contributed by atoms with van der Waals surface area (Å²) in [7, 11) is 0. The van der Waals surface area contributed by atoms with Gasteiger partial charge >= 0.3 is 0 Å². The summed E-state index contributed by atoms with van der Waals surface area (Å²) >= 11 is 0. The Morgan fingerprint density at radius 2 is 2.17 bits per heavy atom. The van der Waals surface area contributed by atoms with Crippen LogP contribution in [0.4, 0.5) is 8.78 Å². The third-order valence-electron chi connectivity index (χ3n) is 2.78. The van der Waals surface area contributed by atoms with Gasteiger partial charge in [0.25, 0.3) is 5.89 Å². The van der Waals surface area contributed by atoms with E-state index in [-0.39, 0.29) is 11.5 Å². The van der Waals surface area contributed by atoms with Crippen LogP contribution in [0, 0.1) is 11.6 Å². The quantitative estimate of drug-likeness (QED) is 0.905. The lowest BCUT2D eigenvalue weighted by molar-refractivity contribution is 0.415. The number of rotatable bonds is 4. The lowest BCUT2D eigenvalue weighted by Gasteiger charge is -1.97. The molecule has 0 aliphatic heterocycles. The maximum Gasteiger partial charge on any atom is 0.261 e. The fourth-order valence-electron chi connectivity index (χ4n) is 1.63. The molecule has 3 rings (SSSR count). The average molecular weight is 251 g/mol. The summed E-state index contributed by atoms with van der Waals surface area (Å²) in [6.45, 7) is 0.477. The molecule has 1 aromatic carbocycles. The fourth-order valence-corrected chi connectivity index (χ4v) is 1.63. The largest absolute Gasteiger partial charge is 0.334 e. The molecule has 1 fully saturated rings. The molecule has 0 amide bonds. The van der Waals surface area contributed by atoms with Gasteiger partial charge in [0.05, 0.1) is 12.1 Å². The summed E-state index contributed by atoms with van der Waals surface area (Å²) < 4.78 is 31.5. The second-order valence-electron chi connectivity index (χ2n) is 4.27. The maximum atomic E-state index is 13.5. The van der Waals surface area contributed by atoms with Crippen LogP contribution >= 0.6 is 0 Å². The van der Waals surface area contributed by atoms with Gasteiger partial charge in [-0.1, -0.05) is 11.2 Å². The van der Waals surface area contributed by atoms with Crippen molar-refractivity contribution in [2.45, 2.75) is 25.4 Å². The molecular formula is C12H11F2N3O. The van der Waals surface area contributed by atoms with Crippen LogP contribution in [0.3, 0.4) is 0 Å². The van der Waals surface area contributed by atoms with Gasteiger partial charge < -0.3 is 9.84 Å². The predicted octanol–water partition coefficient (Wildman–Crippen LogP) is 2.27. The van der Waals surface area contributed by atoms with Crippen molar-refractivity contribution in [2.75, 3.05) is 0 Å². The van der Waals surface area contributed by atoms with E-state index in [0.717, 1.165) is 18.9 Å². The van der Waals surface area contributed by atoms with Gasteiger partial charge in [0.2, 0.25) is 0 Å². The zero-order chi connectivity index (χ0) is 12.5. The minimum absolute atomic E-state index is 0.000373. The van der Waals surface area contributed by atoms with Crippen LogP contribution in [0.2, 0.25) is 0 Å². The normalized spacial score (nSPS) is 15.0. The van der Waals surface area contributed by atoms with Crippen molar-refractivity contribution in [3.05, 3.63) is 35.7 Å². The minimum atomic E-state index is -0.970. The Morgan fingerprint density at radius 1 is 1.33 bits per heavy atom. The van der Waals surface area contributed by atoms with E-state index in [1.165, 1.54) is 12.1 Å². The van der Waals surface area contributed by atoms with E-state index in [1.807, 2.05) is 0 Å². The van der Waals surface area contributed by atoms with E-state index in [2.05, 4.69) is 15.5 Å². The molecule has 0 radical (unpaired) electrons. The molecule has 0 atom stereocenters. The van der Waals surface area contributed by atoms with E-state index >= 15 is 0 Å². The van der Waals surface area contributed by atoms with Crippen molar-refractivity contribution in [1.29, 1.82) is 0 Å². The number of nitrogens with zero attached hydrogens (tertiary/aromatic N) is 2. The summed E-state index contributed by atoms with van der Waals surface area (Å²) in [6.07, 6.45) is 2.31. The van der Waals surface area contributed by atoms with Gasteiger partial charge in [-0.3, -0.25) is 0 Å². The van der Waals surface area contributed by atoms with E-state index < -0.39 is 11.6 Å². The first-order valence-corrected chi connectivity index (χ1v) is 5.74. The molecule has 0 spiro atoms. The molecule has 6 heteroatoms. The first-order valence-electron chi connectivity index (χ1n) is 5.74. The number of benzene rings is 1. The molecule has 1 aliphatic carbocycles. The van der Waals surface area contributed by atoms with Gasteiger partial charge in [0, 0.05) is 6.04 Å². The lowest BCUT2D eigenvalue weighted by atomic mass is 10.2. The average Bonchev–Trinajstić information content (AvgIpc) is 3.08. The number of nitrogens with one attached hydrogen (secondary N) is 1. The van der Waals surface area contributed by atoms with E-state index in [4.69, 9.17) is 4.52 Å². The zero-order valence-electron chi connectivity index (χ0n) is 9.49. The van der Waals surface area contributed by atoms with Crippen molar-refractivity contribution >= 4 is 0 Å². The highest BCUT2D eigenvalue weighted by Gasteiger charge is 2.21. The molecular weight excluding hydrogens is 240 g/mol. The van der Waals surface area contributed by atoms with E-state index in [9.17, 15) is 8.78 Å². The van der Waals surface area contributed by atoms with Crippen molar-refractivity contribution < 1.29 is 13.3 Å². The lowest BCUT2D eigenvalue weighted by Crippen LogP contribution is -2.16. The van der Waals surface area contributed by atoms with Gasteiger partial charge in [0.1, 0.15) is 0 Å². The van der Waals surface area contributed by atoms with Crippen molar-refractivity contribution in [1.82, 2.24) is 15.5 Å². The van der Waals surface area contributed by atoms with Crippen molar-refractivity contribution in [3.63, 3.8) is 0 Å². The topological polar surface area (TPSA) is 51.0 Å². The number of hydrogen-bond acceptors (Lipinski definition) is 4. The van der Waals surface area contributed by atoms with Crippen molar-refractivity contribution in [2.24, 2.45) is 0 Å². The minimum Gasteiger partial charge on any atom is -0.334 e. The highest BCUT2D eigenvalue weighted by molar-refractivity contribution is 5.53. The fraction of sp³-hybridized carbons (Fsp3) is 0.333. The third kappa shape index (κ3) is 2.24. The smallest absolute Gasteiger partial charge is 0.261 e. The summed E-state index contributed by atoms with van der Waals surface area (Å²) in [6, 6.07) is 4.38. The van der Waals surface area contributed by atoms with Gasteiger partial charge in [-0.05, 0) is 25.0 Å². The molecule has 1 N–H and O–H groups in total. The Bertz CT molecular complexity index is 566. The molecule has 0 bridgehead atoms. The molecule has 2 aromatic rings. The Hall–Kier alpha value is -1.82. The summed E-state index contributed by atoms with van der Waals surface area (Å²) in [5.74, 6) is -1.45. The van der Waals surface area contributed by atoms with Crippen LogP contribution in [0.5, 0.6) is 0 Å². The van der Waals surface area contributed by atoms with Gasteiger partial charge in [-0.2, -0.15) is 4.98 Å². The monoisotopic (exact) mass is 251 g/mol. The Labute approximate surface area is 102 Å². The number of aromatic nitrogens is 2. The molecule has 4 nitrogen and oxygen atoms in total. The molecule has 0 unspecified atom stereocenters. The molecule has 1 saturated carbocycles. The molecule has 0 saturated heterocycles. The second kappa shape index (κ2) is 4.45. The van der Waals surface area contributed by atoms with Crippen LogP contribution in [0.1, 0.15) is 18.7 Å². The van der Waals surface area contributed by atoms with E-state index in [1.54, 1.807) is 0 Å². The first kappa shape index (κ1) is 11.3. The van der Waals surface area contributed by atoms with Crippen LogP contribution in [0.15, 0.2) is 22.7 Å². The summed E-state index contributed by atoms with van der Waals surface area (Å²) in [4.78, 5) is 4.04. The Balaban J connectivity index is 1.80. The molecule has 94 valence electrons. The van der Waals surface area contributed by atoms with Gasteiger partial charge in [-0.25, -0.2) is 8.78 Å². The Morgan fingerprint density at radius 3 is 2.94 bits per heavy atom. The SMILES string of the molecule is Fc1cccc(-c2nc(CNC3CC3)no2)c1F. The van der Waals surface area contributed by atoms with Crippen LogP contribution in [-0.2, 0) is 6.54 Å². The maximum absolute atomic E-state index is 13.5. The highest BCUT2D eigenvalue weighted by Crippen LogP contribution is 2.23. The molecule has 1 aliphatic rings. The highest BCUT2D eigenvalue weighted by atomic mass is 19.2. The zero-order valence-corrected chi connectivity index (χ0v) is 9.49. The van der Waals surface area contributed by atoms with Crippen LogP contribution < -0.4 is 5.32 Å². The second-order valence-corrected chi connectivity index (χ2v) is 4.27. The van der Waals surface area contributed by atoms with Gasteiger partial charge in [-0.15, -0.1) is 0 Å². The standard InChI is InChI=1S/C12H11F2N3O/c13-9-3-1-2-8(11(9)14)12-16-10(17-18-12)6-15-7-4-5-7/h1-3,7,15H,4-6H2. The summed E-state index contributed by atoms with van der Waals surface area (Å²) in [5.41, 5.74) is -0.0137. The molecule has 1 heterocycles. The number of hydrogen-bond donors (Lipinski definition) is 1. The van der Waals surface area contributed by atoms with Gasteiger partial charge in [0.15, 0.2) is 17.5 Å². The predicted molar refractivity (Wildman–Crippen MR) is 59.5 cm³/mol. The summed E-state index contributed by atoms with van der Waals surface area (Å²) in [5, 5.41) is 6.94. The van der Waals surface area contributed by atoms with E-state index in [0.29, 0.717) is 18.4 Å².